The molecule has 0 radical (unpaired) electrons. The molecule has 0 bridgehead atoms. The zero-order valence-corrected chi connectivity index (χ0v) is 10.9. The number of benzene rings is 1. The van der Waals surface area contributed by atoms with Crippen molar-refractivity contribution in [2.24, 2.45) is 0 Å². The quantitative estimate of drug-likeness (QED) is 0.641. The molecule has 0 amide bonds. The van der Waals surface area contributed by atoms with E-state index in [2.05, 4.69) is 10.3 Å². The molecule has 0 unspecified atom stereocenters. The van der Waals surface area contributed by atoms with Gasteiger partial charge in [-0.1, -0.05) is 6.07 Å². The third-order valence-electron chi connectivity index (χ3n) is 2.65. The Hall–Kier alpha value is -3.16. The molecule has 1 heterocycles. The Morgan fingerprint density at radius 2 is 2.19 bits per heavy atom. The van der Waals surface area contributed by atoms with Gasteiger partial charge < -0.3 is 15.2 Å². The van der Waals surface area contributed by atoms with Gasteiger partial charge in [-0.3, -0.25) is 10.1 Å². The van der Waals surface area contributed by atoms with Gasteiger partial charge >= 0.3 is 11.7 Å². The summed E-state index contributed by atoms with van der Waals surface area (Å²) in [5.41, 5.74) is -0.369. The van der Waals surface area contributed by atoms with Gasteiger partial charge in [-0.2, -0.15) is 0 Å². The lowest BCUT2D eigenvalue weighted by Crippen LogP contribution is -2.05. The van der Waals surface area contributed by atoms with Crippen LogP contribution in [0.25, 0.3) is 0 Å². The Balaban J connectivity index is 2.34. The highest BCUT2D eigenvalue weighted by Gasteiger charge is 2.21. The van der Waals surface area contributed by atoms with E-state index in [1.54, 1.807) is 24.3 Å². The molecule has 2 N–H and O–H groups in total. The number of carboxylic acids is 1. The van der Waals surface area contributed by atoms with Crippen LogP contribution < -0.4 is 10.1 Å². The molecular weight excluding hydrogens is 278 g/mol. The van der Waals surface area contributed by atoms with Crippen molar-refractivity contribution in [3.8, 4) is 5.75 Å². The number of rotatable bonds is 5. The number of nitro groups is 1. The molecule has 1 aromatic carbocycles. The van der Waals surface area contributed by atoms with Crippen LogP contribution in [0.15, 0.2) is 36.5 Å². The molecule has 0 spiro atoms. The molecule has 2 rings (SSSR count). The molecule has 0 saturated carbocycles. The molecule has 108 valence electrons. The van der Waals surface area contributed by atoms with Crippen LogP contribution >= 0.6 is 0 Å². The van der Waals surface area contributed by atoms with Gasteiger partial charge in [0.15, 0.2) is 0 Å². The van der Waals surface area contributed by atoms with Crippen LogP contribution in [0, 0.1) is 10.1 Å². The van der Waals surface area contributed by atoms with Gasteiger partial charge in [-0.25, -0.2) is 9.78 Å². The average Bonchev–Trinajstić information content (AvgIpc) is 2.47. The second-order valence-electron chi connectivity index (χ2n) is 4.01. The number of nitrogens with zero attached hydrogens (tertiary/aromatic N) is 2. The minimum absolute atomic E-state index is 0.186. The van der Waals surface area contributed by atoms with Crippen molar-refractivity contribution in [3.63, 3.8) is 0 Å². The minimum atomic E-state index is -1.39. The van der Waals surface area contributed by atoms with Gasteiger partial charge in [-0.05, 0) is 12.1 Å². The van der Waals surface area contributed by atoms with Crippen molar-refractivity contribution in [1.82, 2.24) is 4.98 Å². The van der Waals surface area contributed by atoms with Crippen molar-refractivity contribution in [2.75, 3.05) is 12.4 Å². The number of carbonyl (C=O) groups is 1. The SMILES string of the molecule is COc1cccc(Nc2cc(C(=O)O)c([N+](=O)[O-])cn2)c1. The summed E-state index contributed by atoms with van der Waals surface area (Å²) in [7, 11) is 1.52. The summed E-state index contributed by atoms with van der Waals surface area (Å²) >= 11 is 0. The highest BCUT2D eigenvalue weighted by atomic mass is 16.6. The zero-order valence-electron chi connectivity index (χ0n) is 10.9. The largest absolute Gasteiger partial charge is 0.497 e. The topological polar surface area (TPSA) is 115 Å². The molecule has 2 aromatic rings. The maximum Gasteiger partial charge on any atom is 0.342 e. The smallest absolute Gasteiger partial charge is 0.342 e. The van der Waals surface area contributed by atoms with E-state index in [1.165, 1.54) is 7.11 Å². The Kier molecular flexibility index (Phi) is 3.98. The molecule has 0 saturated heterocycles. The Bertz CT molecular complexity index is 702. The zero-order chi connectivity index (χ0) is 15.4. The fourth-order valence-electron chi connectivity index (χ4n) is 1.68. The van der Waals surface area contributed by atoms with Crippen molar-refractivity contribution in [2.45, 2.75) is 0 Å². The molecule has 1 aromatic heterocycles. The lowest BCUT2D eigenvalue weighted by molar-refractivity contribution is -0.385. The molecule has 0 aliphatic heterocycles. The molecule has 8 nitrogen and oxygen atoms in total. The lowest BCUT2D eigenvalue weighted by atomic mass is 10.2. The highest BCUT2D eigenvalue weighted by Crippen LogP contribution is 2.24. The summed E-state index contributed by atoms with van der Waals surface area (Å²) < 4.78 is 5.06. The third kappa shape index (κ3) is 3.24. The van der Waals surface area contributed by atoms with Crippen molar-refractivity contribution in [3.05, 3.63) is 52.2 Å². The Morgan fingerprint density at radius 3 is 2.81 bits per heavy atom. The first-order valence-electron chi connectivity index (χ1n) is 5.80. The number of nitrogens with one attached hydrogen (secondary N) is 1. The van der Waals surface area contributed by atoms with E-state index in [0.717, 1.165) is 12.3 Å². The van der Waals surface area contributed by atoms with Crippen LogP contribution in [0.2, 0.25) is 0 Å². The van der Waals surface area contributed by atoms with Gasteiger partial charge in [0.2, 0.25) is 0 Å². The van der Waals surface area contributed by atoms with E-state index in [1.807, 2.05) is 0 Å². The standard InChI is InChI=1S/C13H11N3O5/c1-21-9-4-2-3-8(5-9)15-12-6-10(13(17)18)11(7-14-12)16(19)20/h2-7H,1H3,(H,14,15)(H,17,18). The summed E-state index contributed by atoms with van der Waals surface area (Å²) in [4.78, 5) is 24.8. The first-order valence-corrected chi connectivity index (χ1v) is 5.80. The number of aromatic carboxylic acids is 1. The first-order chi connectivity index (χ1) is 10.0. The number of ether oxygens (including phenoxy) is 1. The van der Waals surface area contributed by atoms with Gasteiger partial charge in [-0.15, -0.1) is 0 Å². The summed E-state index contributed by atoms with van der Waals surface area (Å²) in [5.74, 6) is -0.593. The van der Waals surface area contributed by atoms with Gasteiger partial charge in [0.1, 0.15) is 23.3 Å². The summed E-state index contributed by atoms with van der Waals surface area (Å²) in [6, 6.07) is 8.01. The predicted molar refractivity (Wildman–Crippen MR) is 74.1 cm³/mol. The first kappa shape index (κ1) is 14.3. The Labute approximate surface area is 119 Å². The second-order valence-corrected chi connectivity index (χ2v) is 4.01. The second kappa shape index (κ2) is 5.87. The molecule has 21 heavy (non-hydrogen) atoms. The van der Waals surface area contributed by atoms with E-state index in [-0.39, 0.29) is 5.82 Å². The monoisotopic (exact) mass is 289 g/mol. The normalized spacial score (nSPS) is 9.95. The number of anilines is 2. The number of pyridine rings is 1. The van der Waals surface area contributed by atoms with Crippen molar-refractivity contribution < 1.29 is 19.6 Å². The van der Waals surface area contributed by atoms with Crippen LogP contribution in [0.5, 0.6) is 5.75 Å². The maximum atomic E-state index is 11.1. The van der Waals surface area contributed by atoms with Crippen molar-refractivity contribution >= 4 is 23.2 Å². The summed E-state index contributed by atoms with van der Waals surface area (Å²) in [6.07, 6.45) is 0.909. The average molecular weight is 289 g/mol. The number of hydrogen-bond acceptors (Lipinski definition) is 6. The molecule has 0 aliphatic carbocycles. The number of carboxylic acid groups (broad SMARTS) is 1. The molecule has 0 fully saturated rings. The van der Waals surface area contributed by atoms with Crippen molar-refractivity contribution in [1.29, 1.82) is 0 Å². The van der Waals surface area contributed by atoms with Crippen LogP contribution in [-0.2, 0) is 0 Å². The molecule has 0 atom stereocenters. The van der Waals surface area contributed by atoms with Crippen LogP contribution in [-0.4, -0.2) is 28.1 Å². The van der Waals surface area contributed by atoms with Crippen LogP contribution in [0.3, 0.4) is 0 Å². The van der Waals surface area contributed by atoms with E-state index < -0.39 is 22.1 Å². The van der Waals surface area contributed by atoms with E-state index in [0.29, 0.717) is 11.4 Å². The molecule has 8 heteroatoms. The van der Waals surface area contributed by atoms with Crippen LogP contribution in [0.1, 0.15) is 10.4 Å². The molecular formula is C13H11N3O5. The summed E-state index contributed by atoms with van der Waals surface area (Å²) in [6.45, 7) is 0. The fourth-order valence-corrected chi connectivity index (χ4v) is 1.68. The number of aromatic nitrogens is 1. The van der Waals surface area contributed by atoms with Gasteiger partial charge in [0, 0.05) is 17.8 Å². The number of hydrogen-bond donors (Lipinski definition) is 2. The van der Waals surface area contributed by atoms with Gasteiger partial charge in [0.25, 0.3) is 0 Å². The Morgan fingerprint density at radius 1 is 1.43 bits per heavy atom. The number of methoxy groups -OCH3 is 1. The fraction of sp³-hybridized carbons (Fsp3) is 0.0769. The molecule has 0 aliphatic rings. The van der Waals surface area contributed by atoms with E-state index in [9.17, 15) is 14.9 Å². The predicted octanol–water partition coefficient (Wildman–Crippen LogP) is 2.44. The third-order valence-corrected chi connectivity index (χ3v) is 2.65. The van der Waals surface area contributed by atoms with E-state index in [4.69, 9.17) is 9.84 Å². The minimum Gasteiger partial charge on any atom is -0.497 e. The summed E-state index contributed by atoms with van der Waals surface area (Å²) in [5, 5.41) is 22.6. The lowest BCUT2D eigenvalue weighted by Gasteiger charge is -2.08. The van der Waals surface area contributed by atoms with Crippen LogP contribution in [0.4, 0.5) is 17.2 Å². The van der Waals surface area contributed by atoms with Gasteiger partial charge in [0.05, 0.1) is 12.0 Å². The van der Waals surface area contributed by atoms with E-state index >= 15 is 0 Å². The highest BCUT2D eigenvalue weighted by molar-refractivity contribution is 5.93. The maximum absolute atomic E-state index is 11.1.